The number of methoxy groups -OCH3 is 1. The average Bonchev–Trinajstić information content (AvgIpc) is 3.12. The Balaban J connectivity index is 1.85. The minimum absolute atomic E-state index is 0.260. The highest BCUT2D eigenvalue weighted by atomic mass is 35.5. The zero-order chi connectivity index (χ0) is 18.7. The molecular weight excluding hydrogens is 356 g/mol. The van der Waals surface area contributed by atoms with Crippen molar-refractivity contribution in [2.45, 2.75) is 0 Å². The van der Waals surface area contributed by atoms with E-state index in [4.69, 9.17) is 22.1 Å². The van der Waals surface area contributed by atoms with Crippen molar-refractivity contribution in [3.8, 4) is 11.4 Å². The Morgan fingerprint density at radius 3 is 2.69 bits per heavy atom. The number of rotatable bonds is 5. The molecule has 0 aliphatic carbocycles. The number of nitrogens with two attached hydrogens (primary N) is 1. The number of carbonyl (C=O) groups excluding carboxylic acids is 2. The van der Waals surface area contributed by atoms with Crippen LogP contribution in [0.15, 0.2) is 54.9 Å². The lowest BCUT2D eigenvalue weighted by molar-refractivity contribution is 0.0996. The molecule has 3 rings (SSSR count). The molecule has 8 heteroatoms. The zero-order valence-electron chi connectivity index (χ0n) is 13.8. The van der Waals surface area contributed by atoms with E-state index in [1.54, 1.807) is 30.5 Å². The van der Waals surface area contributed by atoms with Crippen LogP contribution < -0.4 is 15.8 Å². The largest absolute Gasteiger partial charge is 0.495 e. The monoisotopic (exact) mass is 370 g/mol. The molecule has 0 bridgehead atoms. The van der Waals surface area contributed by atoms with E-state index in [0.717, 1.165) is 5.69 Å². The Kier molecular flexibility index (Phi) is 4.90. The first kappa shape index (κ1) is 17.5. The van der Waals surface area contributed by atoms with Gasteiger partial charge in [-0.05, 0) is 36.4 Å². The molecule has 0 fully saturated rings. The number of hydrogen-bond donors (Lipinski definition) is 2. The fourth-order valence-corrected chi connectivity index (χ4v) is 2.54. The number of nitrogens with one attached hydrogen (secondary N) is 1. The van der Waals surface area contributed by atoms with E-state index in [2.05, 4.69) is 10.4 Å². The Labute approximate surface area is 154 Å². The maximum Gasteiger partial charge on any atom is 0.258 e. The summed E-state index contributed by atoms with van der Waals surface area (Å²) in [6, 6.07) is 11.6. The number of anilines is 1. The summed E-state index contributed by atoms with van der Waals surface area (Å²) in [6.45, 7) is 0. The van der Waals surface area contributed by atoms with Gasteiger partial charge in [0.1, 0.15) is 5.75 Å². The van der Waals surface area contributed by atoms with E-state index < -0.39 is 11.8 Å². The number of carbonyl (C=O) groups is 2. The van der Waals surface area contributed by atoms with E-state index in [9.17, 15) is 9.59 Å². The minimum Gasteiger partial charge on any atom is -0.495 e. The number of benzene rings is 2. The summed E-state index contributed by atoms with van der Waals surface area (Å²) < 4.78 is 6.74. The molecule has 0 aliphatic rings. The van der Waals surface area contributed by atoms with Gasteiger partial charge in [0.25, 0.3) is 5.91 Å². The zero-order valence-corrected chi connectivity index (χ0v) is 14.5. The Morgan fingerprint density at radius 2 is 2.00 bits per heavy atom. The summed E-state index contributed by atoms with van der Waals surface area (Å²) in [6.07, 6.45) is 3.01. The highest BCUT2D eigenvalue weighted by molar-refractivity contribution is 6.30. The molecule has 2 amide bonds. The molecule has 0 aliphatic heterocycles. The van der Waals surface area contributed by atoms with Crippen molar-refractivity contribution in [2.24, 2.45) is 5.73 Å². The third-order valence-electron chi connectivity index (χ3n) is 3.65. The topological polar surface area (TPSA) is 99.2 Å². The van der Waals surface area contributed by atoms with Crippen molar-refractivity contribution >= 4 is 29.1 Å². The maximum atomic E-state index is 12.5. The summed E-state index contributed by atoms with van der Waals surface area (Å²) in [5, 5.41) is 7.44. The normalized spacial score (nSPS) is 10.4. The van der Waals surface area contributed by atoms with E-state index in [1.807, 2.05) is 6.07 Å². The van der Waals surface area contributed by atoms with Crippen molar-refractivity contribution in [3.63, 3.8) is 0 Å². The highest BCUT2D eigenvalue weighted by Gasteiger charge is 2.14. The van der Waals surface area contributed by atoms with Crippen molar-refractivity contribution in [2.75, 3.05) is 12.4 Å². The molecule has 0 atom stereocenters. The lowest BCUT2D eigenvalue weighted by atomic mass is 10.1. The van der Waals surface area contributed by atoms with E-state index >= 15 is 0 Å². The van der Waals surface area contributed by atoms with Gasteiger partial charge in [-0.3, -0.25) is 9.59 Å². The summed E-state index contributed by atoms with van der Waals surface area (Å²) in [4.78, 5) is 23.9. The third kappa shape index (κ3) is 3.68. The summed E-state index contributed by atoms with van der Waals surface area (Å²) in [7, 11) is 1.46. The van der Waals surface area contributed by atoms with Gasteiger partial charge >= 0.3 is 0 Å². The van der Waals surface area contributed by atoms with Gasteiger partial charge in [0, 0.05) is 16.8 Å². The predicted octanol–water partition coefficient (Wildman–Crippen LogP) is 2.89. The second-order valence-corrected chi connectivity index (χ2v) is 5.82. The number of aromatic nitrogens is 2. The summed E-state index contributed by atoms with van der Waals surface area (Å²) in [5.74, 6) is -0.597. The Hall–Kier alpha value is -3.32. The van der Waals surface area contributed by atoms with Gasteiger partial charge in [0.05, 0.1) is 30.2 Å². The second kappa shape index (κ2) is 7.28. The molecule has 0 unspecified atom stereocenters. The molecule has 26 heavy (non-hydrogen) atoms. The van der Waals surface area contributed by atoms with Crippen LogP contribution in [0.25, 0.3) is 5.69 Å². The van der Waals surface area contributed by atoms with Crippen molar-refractivity contribution in [3.05, 3.63) is 71.0 Å². The molecule has 3 aromatic rings. The van der Waals surface area contributed by atoms with Crippen LogP contribution in [0, 0.1) is 0 Å². The first-order valence-electron chi connectivity index (χ1n) is 7.58. The smallest absolute Gasteiger partial charge is 0.258 e. The van der Waals surface area contributed by atoms with Crippen molar-refractivity contribution in [1.29, 1.82) is 0 Å². The van der Waals surface area contributed by atoms with Gasteiger partial charge in [-0.1, -0.05) is 17.7 Å². The minimum atomic E-state index is -0.600. The SMILES string of the molecule is COc1ccc(C(N)=O)cc1NC(=O)c1cnn(-c2cccc(Cl)c2)c1. The van der Waals surface area contributed by atoms with Crippen LogP contribution >= 0.6 is 11.6 Å². The van der Waals surface area contributed by atoms with Crippen LogP contribution in [0.4, 0.5) is 5.69 Å². The molecular formula is C18H15ClN4O3. The second-order valence-electron chi connectivity index (χ2n) is 5.39. The average molecular weight is 371 g/mol. The molecule has 3 N–H and O–H groups in total. The molecule has 132 valence electrons. The lowest BCUT2D eigenvalue weighted by Crippen LogP contribution is -2.15. The first-order valence-corrected chi connectivity index (χ1v) is 7.95. The summed E-state index contributed by atoms with van der Waals surface area (Å²) in [5.41, 5.74) is 6.93. The van der Waals surface area contributed by atoms with Crippen LogP contribution in [0.1, 0.15) is 20.7 Å². The van der Waals surface area contributed by atoms with Gasteiger partial charge in [-0.2, -0.15) is 5.10 Å². The van der Waals surface area contributed by atoms with E-state index in [-0.39, 0.29) is 5.56 Å². The summed E-state index contributed by atoms with van der Waals surface area (Å²) >= 11 is 5.97. The van der Waals surface area contributed by atoms with Gasteiger partial charge in [-0.25, -0.2) is 4.68 Å². The maximum absolute atomic E-state index is 12.5. The number of primary amides is 1. The lowest BCUT2D eigenvalue weighted by Gasteiger charge is -2.10. The molecule has 0 spiro atoms. The van der Waals surface area contributed by atoms with Crippen LogP contribution in [-0.2, 0) is 0 Å². The van der Waals surface area contributed by atoms with E-state index in [1.165, 1.54) is 30.1 Å². The molecule has 0 saturated carbocycles. The fourth-order valence-electron chi connectivity index (χ4n) is 2.35. The quantitative estimate of drug-likeness (QED) is 0.721. The van der Waals surface area contributed by atoms with Gasteiger partial charge in [0.2, 0.25) is 5.91 Å². The number of hydrogen-bond acceptors (Lipinski definition) is 4. The highest BCUT2D eigenvalue weighted by Crippen LogP contribution is 2.26. The first-order chi connectivity index (χ1) is 12.5. The van der Waals surface area contributed by atoms with Crippen LogP contribution in [0.5, 0.6) is 5.75 Å². The fraction of sp³-hybridized carbons (Fsp3) is 0.0556. The number of halogens is 1. The van der Waals surface area contributed by atoms with Gasteiger partial charge in [-0.15, -0.1) is 0 Å². The third-order valence-corrected chi connectivity index (χ3v) is 3.88. The van der Waals surface area contributed by atoms with Crippen LogP contribution in [0.3, 0.4) is 0 Å². The number of amides is 2. The Morgan fingerprint density at radius 1 is 1.19 bits per heavy atom. The Bertz CT molecular complexity index is 984. The van der Waals surface area contributed by atoms with Crippen LogP contribution in [0.2, 0.25) is 5.02 Å². The molecule has 1 aromatic heterocycles. The predicted molar refractivity (Wildman–Crippen MR) is 98.0 cm³/mol. The molecule has 1 heterocycles. The van der Waals surface area contributed by atoms with Crippen molar-refractivity contribution < 1.29 is 14.3 Å². The number of ether oxygens (including phenoxy) is 1. The molecule has 0 saturated heterocycles. The number of nitrogens with zero attached hydrogens (tertiary/aromatic N) is 2. The van der Waals surface area contributed by atoms with Crippen molar-refractivity contribution in [1.82, 2.24) is 9.78 Å². The molecule has 7 nitrogen and oxygen atoms in total. The molecule has 2 aromatic carbocycles. The van der Waals surface area contributed by atoms with Crippen LogP contribution in [-0.4, -0.2) is 28.7 Å². The van der Waals surface area contributed by atoms with Gasteiger partial charge in [0.15, 0.2) is 0 Å². The molecule has 0 radical (unpaired) electrons. The standard InChI is InChI=1S/C18H15ClN4O3/c1-26-16-6-5-11(17(20)24)7-15(16)22-18(25)12-9-21-23(10-12)14-4-2-3-13(19)8-14/h2-10H,1H3,(H2,20,24)(H,22,25). The van der Waals surface area contributed by atoms with Gasteiger partial charge < -0.3 is 15.8 Å². The van der Waals surface area contributed by atoms with E-state index in [0.29, 0.717) is 22.0 Å².